The average molecular weight is 559 g/mol. The number of aliphatic hydroxyl groups is 1. The van der Waals surface area contributed by atoms with Crippen molar-refractivity contribution < 1.29 is 14.8 Å². The fourth-order valence-corrected chi connectivity index (χ4v) is 5.32. The van der Waals surface area contributed by atoms with Crippen LogP contribution in [0.25, 0.3) is 0 Å². The van der Waals surface area contributed by atoms with Gasteiger partial charge in [0.25, 0.3) is 5.69 Å². The molecule has 0 aliphatic heterocycles. The van der Waals surface area contributed by atoms with Crippen LogP contribution in [0.4, 0.5) is 5.69 Å². The van der Waals surface area contributed by atoms with Crippen LogP contribution >= 0.6 is 0 Å². The van der Waals surface area contributed by atoms with E-state index in [1.54, 1.807) is 12.1 Å². The Kier molecular flexibility index (Phi) is 9.51. The van der Waals surface area contributed by atoms with Crippen molar-refractivity contribution in [3.8, 4) is 0 Å². The highest BCUT2D eigenvalue weighted by atomic mass is 16.6. The van der Waals surface area contributed by atoms with Gasteiger partial charge in [0, 0.05) is 12.1 Å². The second kappa shape index (κ2) is 13.8. The fourth-order valence-electron chi connectivity index (χ4n) is 5.32. The number of aliphatic hydroxyl groups excluding tert-OH is 1. The maximum atomic E-state index is 11.6. The first-order valence-electron chi connectivity index (χ1n) is 14.1. The summed E-state index contributed by atoms with van der Waals surface area (Å²) < 4.78 is 7.03. The lowest BCUT2D eigenvalue weighted by atomic mass is 9.80. The van der Waals surface area contributed by atoms with E-state index in [1.807, 2.05) is 72.8 Å². The van der Waals surface area contributed by atoms with Gasteiger partial charge in [0.15, 0.2) is 0 Å². The molecule has 0 radical (unpaired) electrons. The zero-order valence-corrected chi connectivity index (χ0v) is 23.3. The van der Waals surface area contributed by atoms with E-state index in [-0.39, 0.29) is 12.3 Å². The minimum Gasteiger partial charge on any atom is -0.387 e. The predicted molar refractivity (Wildman–Crippen MR) is 165 cm³/mol. The highest BCUT2D eigenvalue weighted by Crippen LogP contribution is 2.41. The van der Waals surface area contributed by atoms with E-state index in [9.17, 15) is 15.2 Å². The van der Waals surface area contributed by atoms with Gasteiger partial charge in [0.2, 0.25) is 0 Å². The van der Waals surface area contributed by atoms with Crippen molar-refractivity contribution in [3.63, 3.8) is 0 Å². The number of rotatable bonds is 13. The number of non-ortho nitro benzene ring substituents is 1. The Morgan fingerprint density at radius 2 is 1.14 bits per heavy atom. The summed E-state index contributed by atoms with van der Waals surface area (Å²) in [5.41, 5.74) is 3.69. The van der Waals surface area contributed by atoms with E-state index >= 15 is 0 Å². The maximum absolute atomic E-state index is 11.6. The molecule has 212 valence electrons. The second-order valence-corrected chi connectivity index (χ2v) is 10.2. The van der Waals surface area contributed by atoms with Gasteiger partial charge in [-0.15, -0.1) is 0 Å². The zero-order chi connectivity index (χ0) is 29.2. The van der Waals surface area contributed by atoms with Gasteiger partial charge in [-0.05, 0) is 52.9 Å². The van der Waals surface area contributed by atoms with Gasteiger partial charge in [0.05, 0.1) is 23.7 Å². The highest BCUT2D eigenvalue weighted by Gasteiger charge is 2.39. The number of nitrogens with zero attached hydrogens (tertiary/aromatic N) is 1. The predicted octanol–water partition coefficient (Wildman–Crippen LogP) is 6.84. The molecule has 5 aromatic carbocycles. The van der Waals surface area contributed by atoms with E-state index in [0.29, 0.717) is 12.1 Å². The number of nitrogens with one attached hydrogen (secondary N) is 1. The van der Waals surface area contributed by atoms with Crippen LogP contribution in [-0.4, -0.2) is 29.2 Å². The molecule has 0 fully saturated rings. The largest absolute Gasteiger partial charge is 0.387 e. The number of nitro benzene ring substituents is 1. The van der Waals surface area contributed by atoms with Gasteiger partial charge < -0.3 is 15.2 Å². The molecule has 0 saturated carbocycles. The molecule has 0 aromatic heterocycles. The van der Waals surface area contributed by atoms with E-state index in [2.05, 4.69) is 53.8 Å². The molecule has 5 aromatic rings. The Hall–Kier alpha value is -4.62. The molecular weight excluding hydrogens is 524 g/mol. The molecule has 0 spiro atoms. The summed E-state index contributed by atoms with van der Waals surface area (Å²) >= 11 is 0. The maximum Gasteiger partial charge on any atom is 0.269 e. The number of benzene rings is 5. The molecule has 2 N–H and O–H groups in total. The molecule has 0 aliphatic carbocycles. The molecule has 0 bridgehead atoms. The van der Waals surface area contributed by atoms with Crippen LogP contribution in [-0.2, 0) is 16.8 Å². The fraction of sp³-hybridized carbons (Fsp3) is 0.167. The zero-order valence-electron chi connectivity index (χ0n) is 23.3. The molecule has 0 aliphatic rings. The Morgan fingerprint density at radius 1 is 0.690 bits per heavy atom. The highest BCUT2D eigenvalue weighted by molar-refractivity contribution is 5.47. The number of hydrogen-bond donors (Lipinski definition) is 2. The Bertz CT molecular complexity index is 1430. The summed E-state index contributed by atoms with van der Waals surface area (Å²) in [5, 5.41) is 26.3. The topological polar surface area (TPSA) is 84.6 Å². The van der Waals surface area contributed by atoms with Crippen LogP contribution < -0.4 is 5.32 Å². The Labute approximate surface area is 246 Å². The number of hydrogen-bond acceptors (Lipinski definition) is 5. The molecule has 0 unspecified atom stereocenters. The molecule has 5 rings (SSSR count). The summed E-state index contributed by atoms with van der Waals surface area (Å²) in [6.07, 6.45) is -0.201. The van der Waals surface area contributed by atoms with Crippen LogP contribution in [0.3, 0.4) is 0 Å². The lowest BCUT2D eigenvalue weighted by Crippen LogP contribution is -2.44. The van der Waals surface area contributed by atoms with Gasteiger partial charge in [-0.3, -0.25) is 10.1 Å². The van der Waals surface area contributed by atoms with Gasteiger partial charge in [-0.1, -0.05) is 121 Å². The normalized spacial score (nSPS) is 12.9. The monoisotopic (exact) mass is 558 g/mol. The summed E-state index contributed by atoms with van der Waals surface area (Å²) in [6.45, 7) is 0.767. The molecule has 42 heavy (non-hydrogen) atoms. The van der Waals surface area contributed by atoms with E-state index in [0.717, 1.165) is 23.1 Å². The van der Waals surface area contributed by atoms with E-state index in [4.69, 9.17) is 4.74 Å². The van der Waals surface area contributed by atoms with Crippen LogP contribution in [0.2, 0.25) is 0 Å². The van der Waals surface area contributed by atoms with Crippen LogP contribution in [0.15, 0.2) is 146 Å². The first-order chi connectivity index (χ1) is 20.6. The van der Waals surface area contributed by atoms with Crippen molar-refractivity contribution in [2.24, 2.45) is 0 Å². The molecule has 6 nitrogen and oxygen atoms in total. The Balaban J connectivity index is 1.50. The molecular formula is C36H34N2O4. The summed E-state index contributed by atoms with van der Waals surface area (Å²) in [7, 11) is 0. The average Bonchev–Trinajstić information content (AvgIpc) is 3.06. The van der Waals surface area contributed by atoms with Crippen LogP contribution in [0.1, 0.15) is 33.9 Å². The van der Waals surface area contributed by atoms with Crippen molar-refractivity contribution in [1.29, 1.82) is 0 Å². The Morgan fingerprint density at radius 3 is 1.60 bits per heavy atom. The lowest BCUT2D eigenvalue weighted by Gasteiger charge is -2.38. The van der Waals surface area contributed by atoms with Crippen molar-refractivity contribution >= 4 is 5.69 Å². The third-order valence-electron chi connectivity index (χ3n) is 7.51. The number of ether oxygens (including phenoxy) is 1. The van der Waals surface area contributed by atoms with Crippen LogP contribution in [0.5, 0.6) is 0 Å². The van der Waals surface area contributed by atoms with Crippen molar-refractivity contribution in [1.82, 2.24) is 5.32 Å². The van der Waals surface area contributed by atoms with Crippen molar-refractivity contribution in [2.45, 2.75) is 24.2 Å². The van der Waals surface area contributed by atoms with Crippen molar-refractivity contribution in [3.05, 3.63) is 184 Å². The number of nitro groups is 1. The van der Waals surface area contributed by atoms with Gasteiger partial charge >= 0.3 is 0 Å². The van der Waals surface area contributed by atoms with E-state index < -0.39 is 22.7 Å². The van der Waals surface area contributed by atoms with Gasteiger partial charge in [-0.2, -0.15) is 0 Å². The van der Waals surface area contributed by atoms with E-state index in [1.165, 1.54) is 17.7 Å². The molecule has 6 heteroatoms. The lowest BCUT2D eigenvalue weighted by molar-refractivity contribution is -0.384. The van der Waals surface area contributed by atoms with Crippen molar-refractivity contribution in [2.75, 3.05) is 13.2 Å². The van der Waals surface area contributed by atoms with Crippen LogP contribution in [0, 0.1) is 10.1 Å². The molecule has 0 saturated heterocycles. The first-order valence-corrected chi connectivity index (χ1v) is 14.1. The third kappa shape index (κ3) is 6.64. The first kappa shape index (κ1) is 28.9. The van der Waals surface area contributed by atoms with Gasteiger partial charge in [0.1, 0.15) is 5.60 Å². The quantitative estimate of drug-likeness (QED) is 0.0939. The summed E-state index contributed by atoms with van der Waals surface area (Å²) in [6, 6.07) is 46.0. The molecule has 2 atom stereocenters. The smallest absolute Gasteiger partial charge is 0.269 e. The minimum atomic E-state index is -0.971. The molecule has 0 amide bonds. The second-order valence-electron chi connectivity index (χ2n) is 10.2. The summed E-state index contributed by atoms with van der Waals surface area (Å²) in [5.74, 6) is 0. The standard InChI is InChI=1S/C36H34N2O4/c39-35(29-21-23-33(24-22-29)38(40)41)34(37-26-25-28-13-5-1-6-14-28)27-42-36(30-15-7-2-8-16-30,31-17-9-3-10-18-31)32-19-11-4-12-20-32/h1-24,34-35,37,39H,25-27H2/t34-,35-/m1/s1. The van der Waals surface area contributed by atoms with Gasteiger partial charge in [-0.25, -0.2) is 0 Å². The summed E-state index contributed by atoms with van der Waals surface area (Å²) in [4.78, 5) is 10.8. The SMILES string of the molecule is O=[N+]([O-])c1ccc([C@@H](O)[C@@H](COC(c2ccccc2)(c2ccccc2)c2ccccc2)NCCc2ccccc2)cc1. The minimum absolute atomic E-state index is 0.0213. The third-order valence-corrected chi connectivity index (χ3v) is 7.51. The molecule has 0 heterocycles.